The van der Waals surface area contributed by atoms with Crippen LogP contribution in [0.3, 0.4) is 0 Å². The Hall–Kier alpha value is -1.94. The van der Waals surface area contributed by atoms with Crippen LogP contribution in [-0.4, -0.2) is 0 Å². The second-order valence-electron chi connectivity index (χ2n) is 5.61. The van der Waals surface area contributed by atoms with Gasteiger partial charge in [0, 0.05) is 28.4 Å². The lowest BCUT2D eigenvalue weighted by Crippen LogP contribution is -2.04. The number of hydrogen-bond acceptors (Lipinski definition) is 2. The molecule has 1 N–H and O–H groups in total. The van der Waals surface area contributed by atoms with E-state index in [1.54, 1.807) is 42.5 Å². The first-order valence-electron chi connectivity index (χ1n) is 7.86. The Morgan fingerprint density at radius 3 is 2.42 bits per heavy atom. The normalized spacial score (nSPS) is 10.6. The Balaban J connectivity index is 1.73. The predicted octanol–water partition coefficient (Wildman–Crippen LogP) is 6.98. The SMILES string of the molecule is Fc1ccccc1COc1ccc(Cl)cc1CNc1ccc(Cl)c(Cl)c1. The van der Waals surface area contributed by atoms with Crippen molar-refractivity contribution in [3.8, 4) is 5.75 Å². The van der Waals surface area contributed by atoms with Gasteiger partial charge in [-0.3, -0.25) is 0 Å². The Kier molecular flexibility index (Phi) is 6.25. The van der Waals surface area contributed by atoms with Crippen molar-refractivity contribution in [3.63, 3.8) is 0 Å². The van der Waals surface area contributed by atoms with Crippen LogP contribution >= 0.6 is 34.8 Å². The minimum absolute atomic E-state index is 0.133. The third-order valence-corrected chi connectivity index (χ3v) is 4.74. The van der Waals surface area contributed by atoms with Crippen LogP contribution in [0, 0.1) is 5.82 Å². The highest BCUT2D eigenvalue weighted by atomic mass is 35.5. The molecule has 0 heterocycles. The maximum Gasteiger partial charge on any atom is 0.129 e. The van der Waals surface area contributed by atoms with Crippen molar-refractivity contribution in [3.05, 3.63) is 92.7 Å². The second kappa shape index (κ2) is 8.63. The van der Waals surface area contributed by atoms with Crippen LogP contribution in [0.15, 0.2) is 60.7 Å². The largest absolute Gasteiger partial charge is 0.488 e. The van der Waals surface area contributed by atoms with Gasteiger partial charge in [0.15, 0.2) is 0 Å². The Morgan fingerprint density at radius 2 is 1.65 bits per heavy atom. The van der Waals surface area contributed by atoms with Gasteiger partial charge >= 0.3 is 0 Å². The Labute approximate surface area is 166 Å². The highest BCUT2D eigenvalue weighted by Crippen LogP contribution is 2.28. The van der Waals surface area contributed by atoms with Crippen molar-refractivity contribution in [1.29, 1.82) is 0 Å². The number of ether oxygens (including phenoxy) is 1. The molecule has 0 saturated heterocycles. The Morgan fingerprint density at radius 1 is 0.846 bits per heavy atom. The van der Waals surface area contributed by atoms with E-state index in [1.165, 1.54) is 6.07 Å². The third kappa shape index (κ3) is 4.82. The molecule has 134 valence electrons. The molecule has 3 aromatic rings. The van der Waals surface area contributed by atoms with Crippen LogP contribution in [0.4, 0.5) is 10.1 Å². The minimum atomic E-state index is -0.294. The second-order valence-corrected chi connectivity index (χ2v) is 6.87. The van der Waals surface area contributed by atoms with E-state index in [9.17, 15) is 4.39 Å². The molecular formula is C20H15Cl3FNO. The summed E-state index contributed by atoms with van der Waals surface area (Å²) in [5, 5.41) is 4.81. The summed E-state index contributed by atoms with van der Waals surface area (Å²) < 4.78 is 19.6. The van der Waals surface area contributed by atoms with Gasteiger partial charge in [-0.1, -0.05) is 53.0 Å². The molecule has 0 amide bonds. The van der Waals surface area contributed by atoms with E-state index < -0.39 is 0 Å². The van der Waals surface area contributed by atoms with Gasteiger partial charge in [0.2, 0.25) is 0 Å². The molecule has 0 saturated carbocycles. The molecule has 3 rings (SSSR count). The predicted molar refractivity (Wildman–Crippen MR) is 106 cm³/mol. The highest BCUT2D eigenvalue weighted by molar-refractivity contribution is 6.42. The number of anilines is 1. The van der Waals surface area contributed by atoms with Gasteiger partial charge in [-0.05, 0) is 42.5 Å². The van der Waals surface area contributed by atoms with E-state index in [2.05, 4.69) is 5.32 Å². The maximum absolute atomic E-state index is 13.8. The smallest absolute Gasteiger partial charge is 0.129 e. The zero-order valence-corrected chi connectivity index (χ0v) is 15.9. The number of halogens is 4. The standard InChI is InChI=1S/C20H15Cl3FNO/c21-15-5-8-20(26-12-13-3-1-2-4-19(13)24)14(9-15)11-25-16-6-7-17(22)18(23)10-16/h1-10,25H,11-12H2. The van der Waals surface area contributed by atoms with Gasteiger partial charge in [-0.25, -0.2) is 4.39 Å². The molecular weight excluding hydrogens is 396 g/mol. The fourth-order valence-corrected chi connectivity index (χ4v) is 2.89. The lowest BCUT2D eigenvalue weighted by molar-refractivity contribution is 0.297. The summed E-state index contributed by atoms with van der Waals surface area (Å²) in [6.45, 7) is 0.596. The van der Waals surface area contributed by atoms with Crippen LogP contribution < -0.4 is 10.1 Å². The first-order valence-corrected chi connectivity index (χ1v) is 9.00. The van der Waals surface area contributed by atoms with Crippen molar-refractivity contribution >= 4 is 40.5 Å². The summed E-state index contributed by atoms with van der Waals surface area (Å²) in [4.78, 5) is 0. The molecule has 0 aliphatic rings. The van der Waals surface area contributed by atoms with Crippen LogP contribution in [0.25, 0.3) is 0 Å². The molecule has 2 nitrogen and oxygen atoms in total. The first-order chi connectivity index (χ1) is 12.5. The number of rotatable bonds is 6. The number of nitrogens with one attached hydrogen (secondary N) is 1. The van der Waals surface area contributed by atoms with E-state index in [0.717, 1.165) is 11.3 Å². The van der Waals surface area contributed by atoms with E-state index in [0.29, 0.717) is 32.9 Å². The Bertz CT molecular complexity index is 917. The topological polar surface area (TPSA) is 21.3 Å². The van der Waals surface area contributed by atoms with Crippen molar-refractivity contribution in [2.24, 2.45) is 0 Å². The van der Waals surface area contributed by atoms with Crippen molar-refractivity contribution in [2.45, 2.75) is 13.2 Å². The van der Waals surface area contributed by atoms with Crippen molar-refractivity contribution in [1.82, 2.24) is 0 Å². The molecule has 0 unspecified atom stereocenters. The highest BCUT2D eigenvalue weighted by Gasteiger charge is 2.08. The zero-order valence-electron chi connectivity index (χ0n) is 13.6. The van der Waals surface area contributed by atoms with E-state index in [4.69, 9.17) is 39.5 Å². The fraction of sp³-hybridized carbons (Fsp3) is 0.100. The monoisotopic (exact) mass is 409 g/mol. The molecule has 6 heteroatoms. The van der Waals surface area contributed by atoms with E-state index >= 15 is 0 Å². The van der Waals surface area contributed by atoms with Gasteiger partial charge in [0.25, 0.3) is 0 Å². The summed E-state index contributed by atoms with van der Waals surface area (Å²) in [7, 11) is 0. The molecule has 0 fully saturated rings. The molecule has 0 bridgehead atoms. The minimum Gasteiger partial charge on any atom is -0.488 e. The third-order valence-electron chi connectivity index (χ3n) is 3.77. The van der Waals surface area contributed by atoms with Crippen LogP contribution in [-0.2, 0) is 13.2 Å². The number of hydrogen-bond donors (Lipinski definition) is 1. The quantitative estimate of drug-likeness (QED) is 0.473. The summed E-state index contributed by atoms with van der Waals surface area (Å²) in [5.74, 6) is 0.335. The van der Waals surface area contributed by atoms with Crippen LogP contribution in [0.1, 0.15) is 11.1 Å². The summed E-state index contributed by atoms with van der Waals surface area (Å²) in [6.07, 6.45) is 0. The molecule has 0 aromatic heterocycles. The molecule has 26 heavy (non-hydrogen) atoms. The van der Waals surface area contributed by atoms with Gasteiger partial charge in [-0.15, -0.1) is 0 Å². The van der Waals surface area contributed by atoms with E-state index in [1.807, 2.05) is 12.1 Å². The van der Waals surface area contributed by atoms with Crippen molar-refractivity contribution in [2.75, 3.05) is 5.32 Å². The molecule has 0 atom stereocenters. The summed E-state index contributed by atoms with van der Waals surface area (Å²) in [5.41, 5.74) is 2.16. The maximum atomic E-state index is 13.8. The summed E-state index contributed by atoms with van der Waals surface area (Å²) in [6, 6.07) is 17.1. The van der Waals surface area contributed by atoms with Gasteiger partial charge in [0.1, 0.15) is 18.2 Å². The molecule has 3 aromatic carbocycles. The molecule has 0 aliphatic carbocycles. The molecule has 0 spiro atoms. The van der Waals surface area contributed by atoms with Gasteiger partial charge in [-0.2, -0.15) is 0 Å². The first kappa shape index (κ1) is 18.8. The molecule has 0 radical (unpaired) electrons. The lowest BCUT2D eigenvalue weighted by atomic mass is 10.2. The zero-order chi connectivity index (χ0) is 18.5. The van der Waals surface area contributed by atoms with Crippen molar-refractivity contribution < 1.29 is 9.13 Å². The van der Waals surface area contributed by atoms with Gasteiger partial charge in [0.05, 0.1) is 10.0 Å². The van der Waals surface area contributed by atoms with E-state index in [-0.39, 0.29) is 12.4 Å². The number of benzene rings is 3. The lowest BCUT2D eigenvalue weighted by Gasteiger charge is -2.14. The van der Waals surface area contributed by atoms with Crippen LogP contribution in [0.5, 0.6) is 5.75 Å². The molecule has 0 aliphatic heterocycles. The average Bonchev–Trinajstić information content (AvgIpc) is 2.63. The summed E-state index contributed by atoms with van der Waals surface area (Å²) >= 11 is 18.1. The fourth-order valence-electron chi connectivity index (χ4n) is 2.40. The van der Waals surface area contributed by atoms with Gasteiger partial charge < -0.3 is 10.1 Å². The van der Waals surface area contributed by atoms with Crippen LogP contribution in [0.2, 0.25) is 15.1 Å². The average molecular weight is 411 g/mol.